The molecule has 2 N–H and O–H groups in total. The summed E-state index contributed by atoms with van der Waals surface area (Å²) in [6.45, 7) is 4.94. The van der Waals surface area contributed by atoms with Crippen LogP contribution in [0.25, 0.3) is 0 Å². The maximum absolute atomic E-state index is 12.6. The summed E-state index contributed by atoms with van der Waals surface area (Å²) in [6.07, 6.45) is 0.179. The molecule has 21 heavy (non-hydrogen) atoms. The summed E-state index contributed by atoms with van der Waals surface area (Å²) in [4.78, 5) is 25.5. The molecule has 0 aliphatic heterocycles. The average molecular weight is 357 g/mol. The Bertz CT molecular complexity index is 497. The molecule has 0 atom stereocenters. The molecule has 0 saturated carbocycles. The Hall–Kier alpha value is -1.56. The number of nitrogens with zero attached hydrogens (tertiary/aromatic N) is 1. The van der Waals surface area contributed by atoms with Crippen molar-refractivity contribution in [2.45, 2.75) is 20.3 Å². The number of hydrogen-bond donors (Lipinski definition) is 1. The minimum absolute atomic E-state index is 0.138. The van der Waals surface area contributed by atoms with Crippen LogP contribution in [0.5, 0.6) is 0 Å². The quantitative estimate of drug-likeness (QED) is 0.628. The van der Waals surface area contributed by atoms with Gasteiger partial charge in [-0.05, 0) is 24.1 Å². The van der Waals surface area contributed by atoms with Gasteiger partial charge in [0.05, 0.1) is 13.5 Å². The zero-order chi connectivity index (χ0) is 16.0. The smallest absolute Gasteiger partial charge is 0.307 e. The summed E-state index contributed by atoms with van der Waals surface area (Å²) >= 11 is 3.33. The molecule has 0 unspecified atom stereocenters. The first-order valence-electron chi connectivity index (χ1n) is 6.75. The van der Waals surface area contributed by atoms with Gasteiger partial charge in [0.1, 0.15) is 0 Å². The molecule has 0 fully saturated rings. The van der Waals surface area contributed by atoms with Crippen molar-refractivity contribution in [3.05, 3.63) is 28.2 Å². The van der Waals surface area contributed by atoms with Crippen molar-refractivity contribution < 1.29 is 14.3 Å². The van der Waals surface area contributed by atoms with E-state index in [2.05, 4.69) is 20.7 Å². The summed E-state index contributed by atoms with van der Waals surface area (Å²) in [5, 5.41) is 0. The van der Waals surface area contributed by atoms with Crippen molar-refractivity contribution in [1.29, 1.82) is 0 Å². The number of hydrogen-bond acceptors (Lipinski definition) is 4. The molecule has 1 amide bonds. The van der Waals surface area contributed by atoms with Gasteiger partial charge in [-0.15, -0.1) is 0 Å². The van der Waals surface area contributed by atoms with Gasteiger partial charge in [-0.2, -0.15) is 0 Å². The van der Waals surface area contributed by atoms with E-state index < -0.39 is 0 Å². The second-order valence-corrected chi connectivity index (χ2v) is 6.16. The van der Waals surface area contributed by atoms with Gasteiger partial charge < -0.3 is 15.4 Å². The number of amides is 1. The van der Waals surface area contributed by atoms with Gasteiger partial charge in [0.25, 0.3) is 5.91 Å². The van der Waals surface area contributed by atoms with Crippen LogP contribution in [0, 0.1) is 5.92 Å². The van der Waals surface area contributed by atoms with Crippen LogP contribution in [0.4, 0.5) is 5.69 Å². The zero-order valence-corrected chi connectivity index (χ0v) is 14.1. The van der Waals surface area contributed by atoms with Crippen LogP contribution in [0.15, 0.2) is 22.7 Å². The lowest BCUT2D eigenvalue weighted by molar-refractivity contribution is -0.140. The first kappa shape index (κ1) is 17.5. The van der Waals surface area contributed by atoms with E-state index in [-0.39, 0.29) is 18.3 Å². The van der Waals surface area contributed by atoms with E-state index in [9.17, 15) is 9.59 Å². The fourth-order valence-corrected chi connectivity index (χ4v) is 2.47. The van der Waals surface area contributed by atoms with E-state index in [1.54, 1.807) is 23.1 Å². The minimum Gasteiger partial charge on any atom is -0.469 e. The molecule has 0 aliphatic rings. The highest BCUT2D eigenvalue weighted by Crippen LogP contribution is 2.19. The first-order valence-corrected chi connectivity index (χ1v) is 7.55. The summed E-state index contributed by atoms with van der Waals surface area (Å²) in [7, 11) is 1.34. The normalized spacial score (nSPS) is 10.5. The molecule has 5 nitrogen and oxygen atoms in total. The van der Waals surface area contributed by atoms with Crippen LogP contribution in [0.3, 0.4) is 0 Å². The number of rotatable bonds is 6. The van der Waals surface area contributed by atoms with E-state index in [1.807, 2.05) is 13.8 Å². The SMILES string of the molecule is COC(=O)CCN(CC(C)C)C(=O)c1cc(N)cc(Br)c1. The molecule has 0 saturated heterocycles. The van der Waals surface area contributed by atoms with E-state index in [1.165, 1.54) is 7.11 Å². The predicted molar refractivity (Wildman–Crippen MR) is 85.9 cm³/mol. The van der Waals surface area contributed by atoms with Gasteiger partial charge in [-0.3, -0.25) is 9.59 Å². The van der Waals surface area contributed by atoms with E-state index >= 15 is 0 Å². The van der Waals surface area contributed by atoms with Gasteiger partial charge in [0.2, 0.25) is 0 Å². The van der Waals surface area contributed by atoms with E-state index in [4.69, 9.17) is 5.73 Å². The van der Waals surface area contributed by atoms with E-state index in [0.717, 1.165) is 4.47 Å². The molecule has 0 aliphatic carbocycles. The summed E-state index contributed by atoms with van der Waals surface area (Å²) in [5.74, 6) is -0.165. The zero-order valence-electron chi connectivity index (χ0n) is 12.6. The molecule has 1 aromatic rings. The van der Waals surface area contributed by atoms with Crippen LogP contribution in [0.1, 0.15) is 30.6 Å². The molecule has 6 heteroatoms. The Morgan fingerprint density at radius 2 is 2.00 bits per heavy atom. The standard InChI is InChI=1S/C15H21BrN2O3/c1-10(2)9-18(5-4-14(19)21-3)15(20)11-6-12(16)8-13(17)7-11/h6-8,10H,4-5,9,17H2,1-3H3. The fraction of sp³-hybridized carbons (Fsp3) is 0.467. The topological polar surface area (TPSA) is 72.6 Å². The number of benzene rings is 1. The van der Waals surface area contributed by atoms with Gasteiger partial charge >= 0.3 is 5.97 Å². The first-order chi connectivity index (χ1) is 9.83. The number of esters is 1. The third-order valence-corrected chi connectivity index (χ3v) is 3.31. The highest BCUT2D eigenvalue weighted by atomic mass is 79.9. The molecule has 0 heterocycles. The Kier molecular flexibility index (Phi) is 6.68. The van der Waals surface area contributed by atoms with Crippen molar-refractivity contribution >= 4 is 33.5 Å². The van der Waals surface area contributed by atoms with Crippen molar-refractivity contribution in [2.75, 3.05) is 25.9 Å². The summed E-state index contributed by atoms with van der Waals surface area (Å²) < 4.78 is 5.38. The lowest BCUT2D eigenvalue weighted by Crippen LogP contribution is -2.36. The minimum atomic E-state index is -0.328. The van der Waals surface area contributed by atoms with Crippen molar-refractivity contribution in [1.82, 2.24) is 4.90 Å². The fourth-order valence-electron chi connectivity index (χ4n) is 1.96. The van der Waals surface area contributed by atoms with Gasteiger partial charge in [0.15, 0.2) is 0 Å². The van der Waals surface area contributed by atoms with Crippen molar-refractivity contribution in [3.63, 3.8) is 0 Å². The Morgan fingerprint density at radius 1 is 1.33 bits per heavy atom. The number of carbonyl (C=O) groups excluding carboxylic acids is 2. The summed E-state index contributed by atoms with van der Waals surface area (Å²) in [6, 6.07) is 5.10. The molecule has 0 radical (unpaired) electrons. The second kappa shape index (κ2) is 8.02. The van der Waals surface area contributed by atoms with Crippen LogP contribution >= 0.6 is 15.9 Å². The van der Waals surface area contributed by atoms with Crippen LogP contribution in [-0.2, 0) is 9.53 Å². The van der Waals surface area contributed by atoms with Crippen LogP contribution in [0.2, 0.25) is 0 Å². The maximum atomic E-state index is 12.6. The van der Waals surface area contributed by atoms with E-state index in [0.29, 0.717) is 30.3 Å². The number of nitrogens with two attached hydrogens (primary N) is 1. The highest BCUT2D eigenvalue weighted by Gasteiger charge is 2.19. The lowest BCUT2D eigenvalue weighted by atomic mass is 10.1. The molecule has 0 aromatic heterocycles. The molecular weight excluding hydrogens is 336 g/mol. The average Bonchev–Trinajstić information content (AvgIpc) is 2.40. The number of halogens is 1. The van der Waals surface area contributed by atoms with Crippen LogP contribution in [-0.4, -0.2) is 37.0 Å². The Labute approximate surface area is 133 Å². The van der Waals surface area contributed by atoms with Gasteiger partial charge in [-0.1, -0.05) is 29.8 Å². The lowest BCUT2D eigenvalue weighted by Gasteiger charge is -2.24. The molecule has 0 spiro atoms. The third-order valence-electron chi connectivity index (χ3n) is 2.85. The van der Waals surface area contributed by atoms with Gasteiger partial charge in [-0.25, -0.2) is 0 Å². The summed E-state index contributed by atoms with van der Waals surface area (Å²) in [5.41, 5.74) is 6.79. The third kappa shape index (κ3) is 5.75. The highest BCUT2D eigenvalue weighted by molar-refractivity contribution is 9.10. The van der Waals surface area contributed by atoms with Crippen molar-refractivity contribution in [3.8, 4) is 0 Å². The molecule has 1 aromatic carbocycles. The number of carbonyl (C=O) groups is 2. The Morgan fingerprint density at radius 3 is 2.52 bits per heavy atom. The number of ether oxygens (including phenoxy) is 1. The van der Waals surface area contributed by atoms with Crippen molar-refractivity contribution in [2.24, 2.45) is 5.92 Å². The molecule has 0 bridgehead atoms. The number of nitrogen functional groups attached to an aromatic ring is 1. The Balaban J connectivity index is 2.90. The molecule has 1 rings (SSSR count). The largest absolute Gasteiger partial charge is 0.469 e. The second-order valence-electron chi connectivity index (χ2n) is 5.24. The monoisotopic (exact) mass is 356 g/mol. The van der Waals surface area contributed by atoms with Crippen LogP contribution < -0.4 is 5.73 Å². The predicted octanol–water partition coefficient (Wildman–Crippen LogP) is 2.69. The number of anilines is 1. The van der Waals surface area contributed by atoms with Gasteiger partial charge in [0, 0.05) is 28.8 Å². The maximum Gasteiger partial charge on any atom is 0.307 e. The molecule has 116 valence electrons. The molecular formula is C15H21BrN2O3. The number of methoxy groups -OCH3 is 1.